The van der Waals surface area contributed by atoms with Gasteiger partial charge >= 0.3 is 0 Å². The average Bonchev–Trinajstić information content (AvgIpc) is 1.63. The minimum Gasteiger partial charge on any atom is -0.317 e. The Labute approximate surface area is 56.6 Å². The number of nitrogens with one attached hydrogen (secondary N) is 1. The average molecular weight is 133 g/mol. The van der Waals surface area contributed by atoms with Crippen LogP contribution in [0.2, 0.25) is 0 Å². The molecule has 0 aliphatic heterocycles. The van der Waals surface area contributed by atoms with Crippen LogP contribution in [0.25, 0.3) is 0 Å². The zero-order valence-electron chi connectivity index (χ0n) is 6.45. The summed E-state index contributed by atoms with van der Waals surface area (Å²) in [5, 5.41) is 2.80. The van der Waals surface area contributed by atoms with Crippen LogP contribution >= 0.6 is 0 Å². The zero-order chi connectivity index (χ0) is 7.28. The maximum atomic E-state index is 12.6. The van der Waals surface area contributed by atoms with Crippen molar-refractivity contribution in [1.29, 1.82) is 0 Å². The molecule has 0 saturated carbocycles. The second-order valence-electron chi connectivity index (χ2n) is 2.78. The van der Waals surface area contributed by atoms with Crippen LogP contribution in [0.15, 0.2) is 0 Å². The Bertz CT molecular complexity index is 63.9. The molecule has 9 heavy (non-hydrogen) atoms. The quantitative estimate of drug-likeness (QED) is 0.614. The Hall–Kier alpha value is -0.110. The second kappa shape index (κ2) is 4.74. The van der Waals surface area contributed by atoms with Gasteiger partial charge in [0, 0.05) is 6.54 Å². The van der Waals surface area contributed by atoms with Crippen LogP contribution in [0.5, 0.6) is 0 Å². The molecule has 1 atom stereocenters. The van der Waals surface area contributed by atoms with E-state index in [1.54, 1.807) is 7.05 Å². The van der Waals surface area contributed by atoms with Crippen molar-refractivity contribution in [3.8, 4) is 0 Å². The lowest BCUT2D eigenvalue weighted by molar-refractivity contribution is 0.278. The summed E-state index contributed by atoms with van der Waals surface area (Å²) in [7, 11) is 1.77. The van der Waals surface area contributed by atoms with Crippen LogP contribution in [0.4, 0.5) is 4.39 Å². The van der Waals surface area contributed by atoms with E-state index in [0.29, 0.717) is 18.9 Å². The SMILES string of the molecule is CNC[C@H](F)CC(C)C. The molecule has 0 fully saturated rings. The molecule has 0 unspecified atom stereocenters. The van der Waals surface area contributed by atoms with Crippen LogP contribution in [-0.2, 0) is 0 Å². The van der Waals surface area contributed by atoms with Gasteiger partial charge in [-0.3, -0.25) is 0 Å². The first-order valence-electron chi connectivity index (χ1n) is 3.45. The third-order valence-corrected chi connectivity index (χ3v) is 1.15. The lowest BCUT2D eigenvalue weighted by atomic mass is 10.1. The summed E-state index contributed by atoms with van der Waals surface area (Å²) >= 11 is 0. The molecule has 56 valence electrons. The van der Waals surface area contributed by atoms with Gasteiger partial charge in [0.15, 0.2) is 0 Å². The minimum absolute atomic E-state index is 0.466. The monoisotopic (exact) mass is 133 g/mol. The molecule has 0 aliphatic rings. The maximum Gasteiger partial charge on any atom is 0.113 e. The standard InChI is InChI=1S/C7H16FN/c1-6(2)4-7(8)5-9-3/h6-7,9H,4-5H2,1-3H3/t7-/m1/s1. The molecule has 1 nitrogen and oxygen atoms in total. The maximum absolute atomic E-state index is 12.6. The van der Waals surface area contributed by atoms with Gasteiger partial charge in [0.2, 0.25) is 0 Å². The molecule has 0 rings (SSSR count). The van der Waals surface area contributed by atoms with Gasteiger partial charge in [-0.25, -0.2) is 4.39 Å². The molecular weight excluding hydrogens is 117 g/mol. The highest BCUT2D eigenvalue weighted by Gasteiger charge is 2.06. The molecule has 0 bridgehead atoms. The summed E-state index contributed by atoms with van der Waals surface area (Å²) < 4.78 is 12.6. The lowest BCUT2D eigenvalue weighted by Crippen LogP contribution is -2.21. The number of rotatable bonds is 4. The predicted molar refractivity (Wildman–Crippen MR) is 38.3 cm³/mol. The van der Waals surface area contributed by atoms with Crippen LogP contribution in [0.1, 0.15) is 20.3 Å². The molecule has 0 aromatic heterocycles. The van der Waals surface area contributed by atoms with Gasteiger partial charge in [0.1, 0.15) is 6.17 Å². The van der Waals surface area contributed by atoms with Crippen LogP contribution in [0.3, 0.4) is 0 Å². The van der Waals surface area contributed by atoms with E-state index < -0.39 is 6.17 Å². The number of alkyl halides is 1. The molecule has 0 aliphatic carbocycles. The van der Waals surface area contributed by atoms with Crippen molar-refractivity contribution in [2.75, 3.05) is 13.6 Å². The van der Waals surface area contributed by atoms with E-state index in [1.807, 2.05) is 13.8 Å². The molecule has 2 heteroatoms. The highest BCUT2D eigenvalue weighted by molar-refractivity contribution is 4.59. The Morgan fingerprint density at radius 2 is 2.00 bits per heavy atom. The van der Waals surface area contributed by atoms with E-state index in [4.69, 9.17) is 0 Å². The van der Waals surface area contributed by atoms with Crippen molar-refractivity contribution in [3.05, 3.63) is 0 Å². The van der Waals surface area contributed by atoms with Gasteiger partial charge in [0.05, 0.1) is 0 Å². The summed E-state index contributed by atoms with van der Waals surface area (Å²) in [4.78, 5) is 0. The van der Waals surface area contributed by atoms with Gasteiger partial charge in [-0.05, 0) is 19.4 Å². The van der Waals surface area contributed by atoms with Crippen molar-refractivity contribution < 1.29 is 4.39 Å². The van der Waals surface area contributed by atoms with Crippen LogP contribution in [0, 0.1) is 5.92 Å². The molecule has 0 saturated heterocycles. The molecule has 1 N–H and O–H groups in total. The van der Waals surface area contributed by atoms with Gasteiger partial charge < -0.3 is 5.32 Å². The molecule has 0 aromatic carbocycles. The summed E-state index contributed by atoms with van der Waals surface area (Å²) in [6.45, 7) is 4.54. The van der Waals surface area contributed by atoms with E-state index in [2.05, 4.69) is 5.32 Å². The summed E-state index contributed by atoms with van der Waals surface area (Å²) in [6, 6.07) is 0. The van der Waals surface area contributed by atoms with E-state index in [0.717, 1.165) is 0 Å². The Balaban J connectivity index is 3.15. The van der Waals surface area contributed by atoms with Gasteiger partial charge in [-0.15, -0.1) is 0 Å². The van der Waals surface area contributed by atoms with E-state index >= 15 is 0 Å². The van der Waals surface area contributed by atoms with Crippen molar-refractivity contribution in [2.45, 2.75) is 26.4 Å². The summed E-state index contributed by atoms with van der Waals surface area (Å²) in [5.74, 6) is 0.466. The smallest absolute Gasteiger partial charge is 0.113 e. The van der Waals surface area contributed by atoms with E-state index in [9.17, 15) is 4.39 Å². The highest BCUT2D eigenvalue weighted by Crippen LogP contribution is 2.06. The van der Waals surface area contributed by atoms with Crippen LogP contribution < -0.4 is 5.32 Å². The first kappa shape index (κ1) is 8.89. The lowest BCUT2D eigenvalue weighted by Gasteiger charge is -2.08. The normalized spacial score (nSPS) is 14.3. The Kier molecular flexibility index (Phi) is 4.68. The largest absolute Gasteiger partial charge is 0.317 e. The van der Waals surface area contributed by atoms with Crippen molar-refractivity contribution >= 4 is 0 Å². The van der Waals surface area contributed by atoms with Crippen LogP contribution in [-0.4, -0.2) is 19.8 Å². The molecule has 0 radical (unpaired) electrons. The Morgan fingerprint density at radius 1 is 1.44 bits per heavy atom. The van der Waals surface area contributed by atoms with Crippen molar-refractivity contribution in [3.63, 3.8) is 0 Å². The third kappa shape index (κ3) is 5.77. The zero-order valence-corrected chi connectivity index (χ0v) is 6.45. The molecule has 0 amide bonds. The number of halogens is 1. The van der Waals surface area contributed by atoms with Crippen molar-refractivity contribution in [1.82, 2.24) is 5.32 Å². The molecule has 0 spiro atoms. The minimum atomic E-state index is -0.671. The number of hydrogen-bond donors (Lipinski definition) is 1. The van der Waals surface area contributed by atoms with E-state index in [-0.39, 0.29) is 0 Å². The van der Waals surface area contributed by atoms with Crippen molar-refractivity contribution in [2.24, 2.45) is 5.92 Å². The second-order valence-corrected chi connectivity index (χ2v) is 2.78. The van der Waals surface area contributed by atoms with Gasteiger partial charge in [0.25, 0.3) is 0 Å². The first-order valence-corrected chi connectivity index (χ1v) is 3.45. The fourth-order valence-electron chi connectivity index (χ4n) is 0.816. The molecule has 0 heterocycles. The van der Waals surface area contributed by atoms with Gasteiger partial charge in [-0.1, -0.05) is 13.8 Å². The first-order chi connectivity index (χ1) is 4.16. The van der Waals surface area contributed by atoms with Gasteiger partial charge in [-0.2, -0.15) is 0 Å². The number of hydrogen-bond acceptors (Lipinski definition) is 1. The predicted octanol–water partition coefficient (Wildman–Crippen LogP) is 1.59. The topological polar surface area (TPSA) is 12.0 Å². The fraction of sp³-hybridized carbons (Fsp3) is 1.00. The fourth-order valence-corrected chi connectivity index (χ4v) is 0.816. The third-order valence-electron chi connectivity index (χ3n) is 1.15. The molecular formula is C7H16FN. The summed E-state index contributed by atoms with van der Waals surface area (Å²) in [6.07, 6.45) is -0.00380. The Morgan fingerprint density at radius 3 is 2.33 bits per heavy atom. The van der Waals surface area contributed by atoms with E-state index in [1.165, 1.54) is 0 Å². The summed E-state index contributed by atoms with van der Waals surface area (Å²) in [5.41, 5.74) is 0. The molecule has 0 aromatic rings. The highest BCUT2D eigenvalue weighted by atomic mass is 19.1.